The first-order chi connectivity index (χ1) is 8.42. The molecule has 0 rings (SSSR count). The third kappa shape index (κ3) is 6.44. The zero-order valence-electron chi connectivity index (χ0n) is 11.7. The van der Waals surface area contributed by atoms with Gasteiger partial charge in [-0.2, -0.15) is 0 Å². The van der Waals surface area contributed by atoms with Gasteiger partial charge in [-0.05, 0) is 27.2 Å². The predicted octanol–water partition coefficient (Wildman–Crippen LogP) is 1.17. The summed E-state index contributed by atoms with van der Waals surface area (Å²) in [5, 5.41) is 11.4. The van der Waals surface area contributed by atoms with Crippen LogP contribution in [-0.4, -0.2) is 47.7 Å². The van der Waals surface area contributed by atoms with Crippen molar-refractivity contribution in [3.63, 3.8) is 0 Å². The Morgan fingerprint density at radius 3 is 2.44 bits per heavy atom. The monoisotopic (exact) mass is 259 g/mol. The van der Waals surface area contributed by atoms with Crippen LogP contribution in [0.4, 0.5) is 0 Å². The molecule has 0 radical (unpaired) electrons. The second-order valence-corrected chi connectivity index (χ2v) is 4.61. The summed E-state index contributed by atoms with van der Waals surface area (Å²) in [5.41, 5.74) is 5.41. The maximum atomic E-state index is 12.0. The molecule has 1 amide bonds. The van der Waals surface area contributed by atoms with Gasteiger partial charge in [0.15, 0.2) is 0 Å². The van der Waals surface area contributed by atoms with Crippen LogP contribution in [0.1, 0.15) is 40.0 Å². The van der Waals surface area contributed by atoms with Gasteiger partial charge >= 0.3 is 0 Å². The Morgan fingerprint density at radius 2 is 2.00 bits per heavy atom. The van der Waals surface area contributed by atoms with Crippen molar-refractivity contribution in [3.05, 3.63) is 0 Å². The highest BCUT2D eigenvalue weighted by atomic mass is 16.5. The van der Waals surface area contributed by atoms with Gasteiger partial charge in [-0.15, -0.1) is 0 Å². The van der Waals surface area contributed by atoms with E-state index in [4.69, 9.17) is 15.7 Å². The number of nitrogens with zero attached hydrogens (tertiary/aromatic N) is 2. The van der Waals surface area contributed by atoms with Gasteiger partial charge < -0.3 is 20.6 Å². The molecule has 0 saturated carbocycles. The van der Waals surface area contributed by atoms with E-state index >= 15 is 0 Å². The van der Waals surface area contributed by atoms with E-state index in [1.165, 1.54) is 0 Å². The molecule has 3 N–H and O–H groups in total. The number of hydrogen-bond acceptors (Lipinski definition) is 4. The van der Waals surface area contributed by atoms with Crippen molar-refractivity contribution in [2.24, 2.45) is 10.9 Å². The molecule has 0 aromatic rings. The summed E-state index contributed by atoms with van der Waals surface area (Å²) >= 11 is 0. The fourth-order valence-electron chi connectivity index (χ4n) is 1.54. The van der Waals surface area contributed by atoms with Gasteiger partial charge in [0, 0.05) is 32.5 Å². The summed E-state index contributed by atoms with van der Waals surface area (Å²) in [6, 6.07) is 0.0989. The topological polar surface area (TPSA) is 88.2 Å². The molecule has 6 nitrogen and oxygen atoms in total. The molecule has 0 aliphatic rings. The quantitative estimate of drug-likeness (QED) is 0.296. The van der Waals surface area contributed by atoms with Gasteiger partial charge in [0.2, 0.25) is 5.91 Å². The van der Waals surface area contributed by atoms with Crippen molar-refractivity contribution in [3.8, 4) is 0 Å². The summed E-state index contributed by atoms with van der Waals surface area (Å²) in [4.78, 5) is 13.8. The van der Waals surface area contributed by atoms with Crippen LogP contribution in [0.25, 0.3) is 0 Å². The minimum atomic E-state index is 0.0691. The standard InChI is InChI=1S/C12H25N3O3/c1-9(2)15(8-7-11(13)14-17)12(16)6-5-10(3)18-4/h9-10,17H,5-8H2,1-4H3,(H2,13,14). The van der Waals surface area contributed by atoms with E-state index < -0.39 is 0 Å². The first-order valence-electron chi connectivity index (χ1n) is 6.21. The summed E-state index contributed by atoms with van der Waals surface area (Å²) in [5.74, 6) is 0.207. The lowest BCUT2D eigenvalue weighted by Crippen LogP contribution is -2.39. The maximum Gasteiger partial charge on any atom is 0.222 e. The fraction of sp³-hybridized carbons (Fsp3) is 0.833. The van der Waals surface area contributed by atoms with Crippen LogP contribution in [0.15, 0.2) is 5.16 Å². The van der Waals surface area contributed by atoms with E-state index in [9.17, 15) is 4.79 Å². The molecule has 0 spiro atoms. The minimum Gasteiger partial charge on any atom is -0.409 e. The Balaban J connectivity index is 4.28. The molecule has 0 aromatic carbocycles. The Hall–Kier alpha value is -1.30. The Labute approximate surface area is 109 Å². The number of hydrogen-bond donors (Lipinski definition) is 2. The molecule has 6 heteroatoms. The number of nitrogens with two attached hydrogens (primary N) is 1. The molecule has 0 heterocycles. The van der Waals surface area contributed by atoms with Crippen molar-refractivity contribution in [1.82, 2.24) is 4.90 Å². The molecule has 106 valence electrons. The smallest absolute Gasteiger partial charge is 0.222 e. The lowest BCUT2D eigenvalue weighted by Gasteiger charge is -2.27. The highest BCUT2D eigenvalue weighted by Crippen LogP contribution is 2.08. The first kappa shape index (κ1) is 16.7. The number of ether oxygens (including phenoxy) is 1. The number of oxime groups is 1. The van der Waals surface area contributed by atoms with E-state index in [2.05, 4.69) is 5.16 Å². The van der Waals surface area contributed by atoms with Gasteiger partial charge in [-0.25, -0.2) is 0 Å². The SMILES string of the molecule is COC(C)CCC(=O)N(CCC(N)=NO)C(C)C. The van der Waals surface area contributed by atoms with Crippen molar-refractivity contribution in [2.45, 2.75) is 52.2 Å². The van der Waals surface area contributed by atoms with Crippen LogP contribution in [-0.2, 0) is 9.53 Å². The molecule has 0 aliphatic heterocycles. The average molecular weight is 259 g/mol. The number of amidine groups is 1. The van der Waals surface area contributed by atoms with Crippen molar-refractivity contribution in [2.75, 3.05) is 13.7 Å². The van der Waals surface area contributed by atoms with Crippen LogP contribution in [0.2, 0.25) is 0 Å². The van der Waals surface area contributed by atoms with Gasteiger partial charge in [-0.1, -0.05) is 5.16 Å². The molecular weight excluding hydrogens is 234 g/mol. The second kappa shape index (κ2) is 8.74. The van der Waals surface area contributed by atoms with Crippen molar-refractivity contribution in [1.29, 1.82) is 0 Å². The third-order valence-corrected chi connectivity index (χ3v) is 2.85. The zero-order valence-corrected chi connectivity index (χ0v) is 11.7. The second-order valence-electron chi connectivity index (χ2n) is 4.61. The summed E-state index contributed by atoms with van der Waals surface area (Å²) in [6.45, 7) is 6.30. The lowest BCUT2D eigenvalue weighted by molar-refractivity contribution is -0.133. The Bertz CT molecular complexity index is 280. The lowest BCUT2D eigenvalue weighted by atomic mass is 10.1. The summed E-state index contributed by atoms with van der Waals surface area (Å²) in [7, 11) is 1.63. The van der Waals surface area contributed by atoms with Crippen molar-refractivity contribution < 1.29 is 14.7 Å². The van der Waals surface area contributed by atoms with Gasteiger partial charge in [0.25, 0.3) is 0 Å². The number of amides is 1. The molecule has 0 fully saturated rings. The van der Waals surface area contributed by atoms with Crippen LogP contribution in [0.5, 0.6) is 0 Å². The first-order valence-corrected chi connectivity index (χ1v) is 6.21. The van der Waals surface area contributed by atoms with Crippen LogP contribution in [0.3, 0.4) is 0 Å². The fourth-order valence-corrected chi connectivity index (χ4v) is 1.54. The number of carbonyl (C=O) groups excluding carboxylic acids is 1. The molecule has 18 heavy (non-hydrogen) atoms. The highest BCUT2D eigenvalue weighted by molar-refractivity contribution is 5.81. The van der Waals surface area contributed by atoms with Crippen LogP contribution in [0, 0.1) is 0 Å². The maximum absolute atomic E-state index is 12.0. The Morgan fingerprint density at radius 1 is 1.39 bits per heavy atom. The Kier molecular flexibility index (Phi) is 8.11. The third-order valence-electron chi connectivity index (χ3n) is 2.85. The van der Waals surface area contributed by atoms with Crippen LogP contribution < -0.4 is 5.73 Å². The summed E-state index contributed by atoms with van der Waals surface area (Å²) in [6.07, 6.45) is 1.60. The van der Waals surface area contributed by atoms with Crippen molar-refractivity contribution >= 4 is 11.7 Å². The highest BCUT2D eigenvalue weighted by Gasteiger charge is 2.17. The molecule has 0 saturated heterocycles. The molecule has 1 atom stereocenters. The largest absolute Gasteiger partial charge is 0.409 e. The van der Waals surface area contributed by atoms with E-state index in [-0.39, 0.29) is 23.9 Å². The summed E-state index contributed by atoms with van der Waals surface area (Å²) < 4.78 is 5.11. The normalized spacial score (nSPS) is 13.7. The molecular formula is C12H25N3O3. The van der Waals surface area contributed by atoms with Gasteiger partial charge in [-0.3, -0.25) is 4.79 Å². The number of methoxy groups -OCH3 is 1. The van der Waals surface area contributed by atoms with E-state index in [1.807, 2.05) is 20.8 Å². The van der Waals surface area contributed by atoms with E-state index in [0.717, 1.165) is 0 Å². The molecule has 0 aromatic heterocycles. The predicted molar refractivity (Wildman–Crippen MR) is 70.6 cm³/mol. The van der Waals surface area contributed by atoms with Gasteiger partial charge in [0.1, 0.15) is 5.84 Å². The zero-order chi connectivity index (χ0) is 14.1. The number of carbonyl (C=O) groups is 1. The average Bonchev–Trinajstić information content (AvgIpc) is 2.35. The van der Waals surface area contributed by atoms with E-state index in [1.54, 1.807) is 12.0 Å². The van der Waals surface area contributed by atoms with E-state index in [0.29, 0.717) is 25.8 Å². The molecule has 0 aliphatic carbocycles. The number of rotatable bonds is 8. The van der Waals surface area contributed by atoms with Gasteiger partial charge in [0.05, 0.1) is 6.10 Å². The van der Waals surface area contributed by atoms with Crippen LogP contribution >= 0.6 is 0 Å². The molecule has 0 bridgehead atoms. The molecule has 1 unspecified atom stereocenters. The minimum absolute atomic E-state index is 0.0691.